The Morgan fingerprint density at radius 1 is 1.07 bits per heavy atom. The lowest BCUT2D eigenvalue weighted by atomic mass is 9.90. The van der Waals surface area contributed by atoms with E-state index < -0.39 is 0 Å². The van der Waals surface area contributed by atoms with Gasteiger partial charge in [0.2, 0.25) is 0 Å². The number of aliphatic hydroxyl groups is 1. The largest absolute Gasteiger partial charge is 0.396 e. The van der Waals surface area contributed by atoms with Gasteiger partial charge < -0.3 is 5.11 Å². The minimum absolute atomic E-state index is 0.303. The summed E-state index contributed by atoms with van der Waals surface area (Å²) >= 11 is 0. The third-order valence-electron chi connectivity index (χ3n) is 3.04. The average molecular weight is 190 g/mol. The summed E-state index contributed by atoms with van der Waals surface area (Å²) in [7, 11) is 0. The van der Waals surface area contributed by atoms with E-state index in [0.717, 1.165) is 12.8 Å². The Morgan fingerprint density at radius 2 is 1.86 bits per heavy atom. The van der Waals surface area contributed by atoms with Crippen LogP contribution in [0.2, 0.25) is 0 Å². The summed E-state index contributed by atoms with van der Waals surface area (Å²) in [5.41, 5.74) is 4.48. The van der Waals surface area contributed by atoms with Crippen LogP contribution in [-0.2, 0) is 19.3 Å². The van der Waals surface area contributed by atoms with Crippen molar-refractivity contribution in [3.63, 3.8) is 0 Å². The number of hydrogen-bond donors (Lipinski definition) is 1. The maximum Gasteiger partial charge on any atom is 0.0434 e. The molecule has 0 atom stereocenters. The fourth-order valence-corrected chi connectivity index (χ4v) is 2.23. The first-order chi connectivity index (χ1) is 6.90. The maximum absolute atomic E-state index is 8.77. The van der Waals surface area contributed by atoms with Gasteiger partial charge in [-0.05, 0) is 55.2 Å². The molecular weight excluding hydrogens is 172 g/mol. The van der Waals surface area contributed by atoms with Crippen molar-refractivity contribution in [3.8, 4) is 0 Å². The molecule has 0 aliphatic heterocycles. The number of hydrogen-bond acceptors (Lipinski definition) is 1. The van der Waals surface area contributed by atoms with Crippen LogP contribution >= 0.6 is 0 Å². The van der Waals surface area contributed by atoms with Crippen LogP contribution in [0, 0.1) is 0 Å². The molecule has 1 nitrogen and oxygen atoms in total. The lowest BCUT2D eigenvalue weighted by Gasteiger charge is -2.16. The molecule has 0 fully saturated rings. The number of fused-ring (bicyclic) bond motifs is 1. The summed E-state index contributed by atoms with van der Waals surface area (Å²) < 4.78 is 0. The van der Waals surface area contributed by atoms with Gasteiger partial charge in [0.05, 0.1) is 0 Å². The van der Waals surface area contributed by atoms with Gasteiger partial charge in [-0.2, -0.15) is 0 Å². The van der Waals surface area contributed by atoms with Crippen molar-refractivity contribution >= 4 is 0 Å². The van der Waals surface area contributed by atoms with E-state index in [1.165, 1.54) is 31.2 Å². The molecule has 0 saturated carbocycles. The van der Waals surface area contributed by atoms with E-state index in [1.54, 1.807) is 11.1 Å². The number of aliphatic hydroxyl groups excluding tert-OH is 1. The van der Waals surface area contributed by atoms with Crippen molar-refractivity contribution in [1.82, 2.24) is 0 Å². The second-order valence-electron chi connectivity index (χ2n) is 4.14. The topological polar surface area (TPSA) is 20.2 Å². The van der Waals surface area contributed by atoms with Gasteiger partial charge in [0.25, 0.3) is 0 Å². The van der Waals surface area contributed by atoms with Crippen molar-refractivity contribution in [3.05, 3.63) is 34.9 Å². The highest BCUT2D eigenvalue weighted by atomic mass is 16.2. The SMILES string of the molecule is OCCCc1ccc2c(c1)CCCC2. The number of benzene rings is 1. The summed E-state index contributed by atoms with van der Waals surface area (Å²) in [5.74, 6) is 0. The van der Waals surface area contributed by atoms with E-state index >= 15 is 0 Å². The molecule has 1 aromatic rings. The molecule has 0 radical (unpaired) electrons. The van der Waals surface area contributed by atoms with E-state index in [4.69, 9.17) is 5.11 Å². The van der Waals surface area contributed by atoms with Gasteiger partial charge in [-0.3, -0.25) is 0 Å². The first kappa shape index (κ1) is 9.72. The molecule has 2 rings (SSSR count). The Morgan fingerprint density at radius 3 is 2.64 bits per heavy atom. The first-order valence-corrected chi connectivity index (χ1v) is 5.61. The van der Waals surface area contributed by atoms with Gasteiger partial charge in [-0.15, -0.1) is 0 Å². The Kier molecular flexibility index (Phi) is 3.20. The van der Waals surface area contributed by atoms with Gasteiger partial charge >= 0.3 is 0 Å². The third-order valence-corrected chi connectivity index (χ3v) is 3.04. The van der Waals surface area contributed by atoms with Crippen LogP contribution in [0.5, 0.6) is 0 Å². The number of aryl methyl sites for hydroxylation is 3. The summed E-state index contributed by atoms with van der Waals surface area (Å²) in [6, 6.07) is 6.84. The first-order valence-electron chi connectivity index (χ1n) is 5.61. The molecule has 76 valence electrons. The highest BCUT2D eigenvalue weighted by Crippen LogP contribution is 2.22. The van der Waals surface area contributed by atoms with Crippen molar-refractivity contribution in [2.45, 2.75) is 38.5 Å². The normalized spacial score (nSPS) is 15.2. The van der Waals surface area contributed by atoms with Crippen molar-refractivity contribution in [2.75, 3.05) is 6.61 Å². The summed E-state index contributed by atoms with van der Waals surface area (Å²) in [4.78, 5) is 0. The molecule has 1 aliphatic carbocycles. The van der Waals surface area contributed by atoms with E-state index in [0.29, 0.717) is 6.61 Å². The van der Waals surface area contributed by atoms with Gasteiger partial charge in [-0.1, -0.05) is 18.2 Å². The average Bonchev–Trinajstić information content (AvgIpc) is 2.26. The molecular formula is C13H18O. The van der Waals surface area contributed by atoms with Crippen LogP contribution in [0.15, 0.2) is 18.2 Å². The van der Waals surface area contributed by atoms with Crippen LogP contribution in [0.3, 0.4) is 0 Å². The summed E-state index contributed by atoms with van der Waals surface area (Å²) in [6.07, 6.45) is 7.11. The monoisotopic (exact) mass is 190 g/mol. The molecule has 1 heteroatoms. The Hall–Kier alpha value is -0.820. The standard InChI is InChI=1S/C13H18O/c14-9-3-4-11-7-8-12-5-1-2-6-13(12)10-11/h7-8,10,14H,1-6,9H2. The number of rotatable bonds is 3. The van der Waals surface area contributed by atoms with Crippen molar-refractivity contribution < 1.29 is 5.11 Å². The zero-order chi connectivity index (χ0) is 9.80. The van der Waals surface area contributed by atoms with E-state index in [9.17, 15) is 0 Å². The maximum atomic E-state index is 8.77. The van der Waals surface area contributed by atoms with Gasteiger partial charge in [0.15, 0.2) is 0 Å². The molecule has 14 heavy (non-hydrogen) atoms. The molecule has 0 bridgehead atoms. The van der Waals surface area contributed by atoms with E-state index in [1.807, 2.05) is 0 Å². The zero-order valence-electron chi connectivity index (χ0n) is 8.63. The quantitative estimate of drug-likeness (QED) is 0.776. The fourth-order valence-electron chi connectivity index (χ4n) is 2.23. The summed E-state index contributed by atoms with van der Waals surface area (Å²) in [6.45, 7) is 0.303. The van der Waals surface area contributed by atoms with Crippen LogP contribution in [0.4, 0.5) is 0 Å². The predicted octanol–water partition coefficient (Wildman–Crippen LogP) is 2.49. The van der Waals surface area contributed by atoms with E-state index in [2.05, 4.69) is 18.2 Å². The van der Waals surface area contributed by atoms with E-state index in [-0.39, 0.29) is 0 Å². The molecule has 1 N–H and O–H groups in total. The fraction of sp³-hybridized carbons (Fsp3) is 0.538. The second-order valence-corrected chi connectivity index (χ2v) is 4.14. The molecule has 1 aliphatic rings. The minimum atomic E-state index is 0.303. The molecule has 0 amide bonds. The lowest BCUT2D eigenvalue weighted by molar-refractivity contribution is 0.288. The van der Waals surface area contributed by atoms with Crippen molar-refractivity contribution in [1.29, 1.82) is 0 Å². The van der Waals surface area contributed by atoms with Crippen LogP contribution in [-0.4, -0.2) is 11.7 Å². The van der Waals surface area contributed by atoms with Crippen LogP contribution < -0.4 is 0 Å². The van der Waals surface area contributed by atoms with Crippen molar-refractivity contribution in [2.24, 2.45) is 0 Å². The molecule has 0 heterocycles. The van der Waals surface area contributed by atoms with Crippen LogP contribution in [0.25, 0.3) is 0 Å². The minimum Gasteiger partial charge on any atom is -0.396 e. The highest BCUT2D eigenvalue weighted by molar-refractivity contribution is 5.33. The van der Waals surface area contributed by atoms with Gasteiger partial charge in [-0.25, -0.2) is 0 Å². The Balaban J connectivity index is 2.12. The van der Waals surface area contributed by atoms with Gasteiger partial charge in [0, 0.05) is 6.61 Å². The molecule has 1 aromatic carbocycles. The molecule has 0 aromatic heterocycles. The molecule has 0 saturated heterocycles. The Bertz CT molecular complexity index is 304. The zero-order valence-corrected chi connectivity index (χ0v) is 8.63. The highest BCUT2D eigenvalue weighted by Gasteiger charge is 2.08. The smallest absolute Gasteiger partial charge is 0.0434 e. The summed E-state index contributed by atoms with van der Waals surface area (Å²) in [5, 5.41) is 8.77. The van der Waals surface area contributed by atoms with Gasteiger partial charge in [0.1, 0.15) is 0 Å². The predicted molar refractivity (Wildman–Crippen MR) is 58.5 cm³/mol. The third kappa shape index (κ3) is 2.16. The lowest BCUT2D eigenvalue weighted by Crippen LogP contribution is -2.03. The second kappa shape index (κ2) is 4.61. The van der Waals surface area contributed by atoms with Crippen LogP contribution in [0.1, 0.15) is 36.0 Å². The Labute approximate surface area is 85.8 Å². The molecule has 0 spiro atoms. The molecule has 0 unspecified atom stereocenters.